The Balaban J connectivity index is 1.47. The molecule has 1 unspecified atom stereocenters. The van der Waals surface area contributed by atoms with Crippen LogP contribution in [-0.4, -0.2) is 44.8 Å². The van der Waals surface area contributed by atoms with Gasteiger partial charge >= 0.3 is 0 Å². The predicted molar refractivity (Wildman–Crippen MR) is 118 cm³/mol. The fraction of sp³-hybridized carbons (Fsp3) is 0.130. The second-order valence-corrected chi connectivity index (χ2v) is 7.19. The second kappa shape index (κ2) is 8.00. The standard InChI is InChI=1S/C23H20N6O2/c1-31-13-20(14-5-3-2-4-6-14)27-23(30)22-25-18-11-16-17(12-19(18)26-22)28-29-21(16)15-7-9-24-10-8-15/h2-12,20,28-29H,13H2,1H3,(H,27,30). The maximum absolute atomic E-state index is 12.9. The number of fused-ring (bicyclic) bond motifs is 2. The predicted octanol–water partition coefficient (Wildman–Crippen LogP) is 3.62. The van der Waals surface area contributed by atoms with Crippen molar-refractivity contribution >= 4 is 27.8 Å². The number of aromatic nitrogens is 5. The van der Waals surface area contributed by atoms with Crippen molar-refractivity contribution in [2.24, 2.45) is 0 Å². The number of pyridine rings is 1. The molecule has 0 saturated carbocycles. The molecule has 0 bridgehead atoms. The van der Waals surface area contributed by atoms with Crippen molar-refractivity contribution in [3.8, 4) is 11.3 Å². The summed E-state index contributed by atoms with van der Waals surface area (Å²) in [7, 11) is 1.61. The number of benzene rings is 2. The highest BCUT2D eigenvalue weighted by molar-refractivity contribution is 6.02. The number of nitrogens with zero attached hydrogens (tertiary/aromatic N) is 3. The van der Waals surface area contributed by atoms with E-state index in [1.807, 2.05) is 54.6 Å². The molecule has 3 heterocycles. The molecule has 5 aromatic rings. The van der Waals surface area contributed by atoms with Gasteiger partial charge in [-0.05, 0) is 29.8 Å². The van der Waals surface area contributed by atoms with Crippen LogP contribution in [0.2, 0.25) is 0 Å². The van der Waals surface area contributed by atoms with Crippen LogP contribution in [0, 0.1) is 0 Å². The molecule has 8 heteroatoms. The minimum absolute atomic E-state index is 0.133. The zero-order valence-electron chi connectivity index (χ0n) is 16.8. The van der Waals surface area contributed by atoms with Crippen LogP contribution in [0.3, 0.4) is 0 Å². The van der Waals surface area contributed by atoms with Crippen molar-refractivity contribution in [3.05, 3.63) is 78.4 Å². The Labute approximate surface area is 177 Å². The van der Waals surface area contributed by atoms with Gasteiger partial charge in [-0.3, -0.25) is 14.9 Å². The topological polar surface area (TPSA) is 109 Å². The van der Waals surface area contributed by atoms with Crippen molar-refractivity contribution in [1.82, 2.24) is 30.5 Å². The van der Waals surface area contributed by atoms with E-state index >= 15 is 0 Å². The summed E-state index contributed by atoms with van der Waals surface area (Å²) in [6.07, 6.45) is 3.49. The third kappa shape index (κ3) is 3.64. The van der Waals surface area contributed by atoms with Gasteiger partial charge in [-0.15, -0.1) is 0 Å². The first-order chi connectivity index (χ1) is 15.2. The van der Waals surface area contributed by atoms with Crippen LogP contribution in [0.4, 0.5) is 0 Å². The molecule has 154 valence electrons. The van der Waals surface area contributed by atoms with E-state index in [4.69, 9.17) is 4.74 Å². The van der Waals surface area contributed by atoms with Crippen LogP contribution >= 0.6 is 0 Å². The highest BCUT2D eigenvalue weighted by atomic mass is 16.5. The number of amides is 1. The normalized spacial score (nSPS) is 12.3. The van der Waals surface area contributed by atoms with Crippen molar-refractivity contribution in [3.63, 3.8) is 0 Å². The number of carbonyl (C=O) groups excluding carboxylic acids is 1. The number of nitrogens with one attached hydrogen (secondary N) is 3. The molecule has 31 heavy (non-hydrogen) atoms. The summed E-state index contributed by atoms with van der Waals surface area (Å²) >= 11 is 0. The first kappa shape index (κ1) is 19.0. The second-order valence-electron chi connectivity index (χ2n) is 7.19. The smallest absolute Gasteiger partial charge is 0.289 e. The highest BCUT2D eigenvalue weighted by Crippen LogP contribution is 2.29. The maximum atomic E-state index is 12.9. The molecule has 0 radical (unpaired) electrons. The molecule has 2 aromatic carbocycles. The summed E-state index contributed by atoms with van der Waals surface area (Å²) in [6, 6.07) is 17.1. The van der Waals surface area contributed by atoms with E-state index in [1.165, 1.54) is 0 Å². The molecule has 3 aromatic heterocycles. The average molecular weight is 412 g/mol. The van der Waals surface area contributed by atoms with Crippen molar-refractivity contribution in [1.29, 1.82) is 0 Å². The Bertz CT molecular complexity index is 1340. The van der Waals surface area contributed by atoms with Crippen LogP contribution in [0.15, 0.2) is 67.0 Å². The van der Waals surface area contributed by atoms with E-state index in [-0.39, 0.29) is 17.8 Å². The molecule has 1 amide bonds. The lowest BCUT2D eigenvalue weighted by molar-refractivity contribution is 0.0887. The quantitative estimate of drug-likeness (QED) is 0.395. The first-order valence-corrected chi connectivity index (χ1v) is 9.86. The lowest BCUT2D eigenvalue weighted by Crippen LogP contribution is -2.32. The molecule has 5 rings (SSSR count). The number of methoxy groups -OCH3 is 1. The van der Waals surface area contributed by atoms with Gasteiger partial charge in [-0.25, -0.2) is 9.97 Å². The third-order valence-electron chi connectivity index (χ3n) is 5.17. The third-order valence-corrected chi connectivity index (χ3v) is 5.17. The number of hydrogen-bond donors (Lipinski definition) is 3. The Morgan fingerprint density at radius 1 is 1.03 bits per heavy atom. The number of hydrogen-bond acceptors (Lipinski definition) is 5. The van der Waals surface area contributed by atoms with E-state index in [0.29, 0.717) is 17.6 Å². The maximum Gasteiger partial charge on any atom is 0.289 e. The first-order valence-electron chi connectivity index (χ1n) is 9.86. The number of aromatic amines is 2. The lowest BCUT2D eigenvalue weighted by atomic mass is 10.1. The molecule has 1 atom stereocenters. The summed E-state index contributed by atoms with van der Waals surface area (Å²) < 4.78 is 5.28. The van der Waals surface area contributed by atoms with Crippen molar-refractivity contribution in [2.75, 3.05) is 13.7 Å². The fourth-order valence-electron chi connectivity index (χ4n) is 3.66. The van der Waals surface area contributed by atoms with Gasteiger partial charge in [0.2, 0.25) is 5.82 Å². The van der Waals surface area contributed by atoms with Gasteiger partial charge in [0.15, 0.2) is 0 Å². The summed E-state index contributed by atoms with van der Waals surface area (Å²) in [4.78, 5) is 25.9. The van der Waals surface area contributed by atoms with E-state index in [9.17, 15) is 4.79 Å². The number of rotatable bonds is 6. The fourth-order valence-corrected chi connectivity index (χ4v) is 3.66. The van der Waals surface area contributed by atoms with E-state index in [0.717, 1.165) is 27.7 Å². The molecular weight excluding hydrogens is 392 g/mol. The summed E-state index contributed by atoms with van der Waals surface area (Å²) in [5, 5.41) is 10.3. The van der Waals surface area contributed by atoms with E-state index < -0.39 is 0 Å². The van der Waals surface area contributed by atoms with Gasteiger partial charge < -0.3 is 15.2 Å². The van der Waals surface area contributed by atoms with Gasteiger partial charge in [-0.2, -0.15) is 0 Å². The number of ether oxygens (including phenoxy) is 1. The molecule has 0 aliphatic heterocycles. The SMILES string of the molecule is COCC(NC(=O)c1nc2cc3[nH][nH]c(-c4ccncc4)c3cc2n1)c1ccccc1. The van der Waals surface area contributed by atoms with Crippen molar-refractivity contribution < 1.29 is 9.53 Å². The summed E-state index contributed by atoms with van der Waals surface area (Å²) in [5.41, 5.74) is 5.08. The van der Waals surface area contributed by atoms with Crippen molar-refractivity contribution in [2.45, 2.75) is 6.04 Å². The van der Waals surface area contributed by atoms with Crippen LogP contribution in [0.25, 0.3) is 33.2 Å². The molecule has 3 N–H and O–H groups in total. The number of H-pyrrole nitrogens is 2. The molecule has 0 aliphatic carbocycles. The van der Waals surface area contributed by atoms with E-state index in [1.54, 1.807) is 19.5 Å². The molecule has 0 spiro atoms. The Hall–Kier alpha value is -4.04. The zero-order chi connectivity index (χ0) is 21.2. The highest BCUT2D eigenvalue weighted by Gasteiger charge is 2.20. The Morgan fingerprint density at radius 2 is 1.77 bits per heavy atom. The molecule has 8 nitrogen and oxygen atoms in total. The monoisotopic (exact) mass is 412 g/mol. The van der Waals surface area contributed by atoms with Gasteiger partial charge in [0.1, 0.15) is 0 Å². The van der Waals surface area contributed by atoms with Gasteiger partial charge in [0.05, 0.1) is 34.9 Å². The zero-order valence-corrected chi connectivity index (χ0v) is 16.8. The minimum Gasteiger partial charge on any atom is -0.382 e. The Morgan fingerprint density at radius 3 is 2.52 bits per heavy atom. The lowest BCUT2D eigenvalue weighted by Gasteiger charge is -2.17. The molecular formula is C23H20N6O2. The molecule has 0 aliphatic rings. The number of carbonyl (C=O) groups is 1. The van der Waals surface area contributed by atoms with Crippen LogP contribution in [-0.2, 0) is 4.74 Å². The minimum atomic E-state index is -0.341. The number of imidazole rings is 1. The van der Waals surface area contributed by atoms with Crippen LogP contribution in [0.5, 0.6) is 0 Å². The van der Waals surface area contributed by atoms with Gasteiger partial charge in [0.25, 0.3) is 5.91 Å². The summed E-state index contributed by atoms with van der Waals surface area (Å²) in [6.45, 7) is 0.351. The van der Waals surface area contributed by atoms with Crippen LogP contribution < -0.4 is 5.32 Å². The van der Waals surface area contributed by atoms with Gasteiger partial charge in [-0.1, -0.05) is 30.3 Å². The van der Waals surface area contributed by atoms with Crippen LogP contribution in [0.1, 0.15) is 22.2 Å². The van der Waals surface area contributed by atoms with Gasteiger partial charge in [0, 0.05) is 30.5 Å². The Kier molecular flexibility index (Phi) is 4.89. The molecule has 0 fully saturated rings. The largest absolute Gasteiger partial charge is 0.382 e. The average Bonchev–Trinajstić information content (AvgIpc) is 3.42. The molecule has 0 saturated heterocycles. The van der Waals surface area contributed by atoms with E-state index in [2.05, 4.69) is 30.5 Å². The summed E-state index contributed by atoms with van der Waals surface area (Å²) in [5.74, 6) is -0.208.